The molecule has 16 heteroatoms. The molecular weight excluding hydrogens is 489 g/mol. The van der Waals surface area contributed by atoms with Crippen LogP contribution in [0.5, 0.6) is 0 Å². The van der Waals surface area contributed by atoms with Crippen molar-refractivity contribution in [2.75, 3.05) is 16.8 Å². The van der Waals surface area contributed by atoms with Crippen molar-refractivity contribution in [2.24, 2.45) is 7.05 Å². The van der Waals surface area contributed by atoms with Gasteiger partial charge in [-0.15, -0.1) is 9.19 Å². The molecular formula is C18H12ClF5N9O+. The van der Waals surface area contributed by atoms with E-state index in [9.17, 15) is 26.7 Å². The SMILES string of the molecule is C[n+]1c(F)c(F)c2ncc3c(n21)[C@@H](C(F)(F)F)CN3C(=O)Nc1cnc(-n2nccn2)c(Cl)c1. The van der Waals surface area contributed by atoms with Crippen LogP contribution in [-0.4, -0.2) is 48.2 Å². The summed E-state index contributed by atoms with van der Waals surface area (Å²) in [5.41, 5.74) is -1.32. The van der Waals surface area contributed by atoms with Gasteiger partial charge in [0.1, 0.15) is 11.6 Å². The normalized spacial score (nSPS) is 15.7. The summed E-state index contributed by atoms with van der Waals surface area (Å²) in [6.07, 6.45) is 0.118. The molecule has 1 aliphatic rings. The number of rotatable bonds is 2. The van der Waals surface area contributed by atoms with Gasteiger partial charge in [0, 0.05) is 6.54 Å². The number of carbonyl (C=O) groups excluding carboxylic acids is 1. The number of pyridine rings is 1. The highest BCUT2D eigenvalue weighted by Crippen LogP contribution is 2.45. The third-order valence-corrected chi connectivity index (χ3v) is 5.55. The summed E-state index contributed by atoms with van der Waals surface area (Å²) in [7, 11) is 1.05. The van der Waals surface area contributed by atoms with Crippen LogP contribution in [0.25, 0.3) is 11.5 Å². The molecule has 1 atom stereocenters. The fraction of sp³-hybridized carbons (Fsp3) is 0.222. The summed E-state index contributed by atoms with van der Waals surface area (Å²) in [4.78, 5) is 22.6. The van der Waals surface area contributed by atoms with E-state index in [0.29, 0.717) is 9.20 Å². The molecule has 176 valence electrons. The number of halogens is 6. The zero-order valence-corrected chi connectivity index (χ0v) is 17.7. The monoisotopic (exact) mass is 500 g/mol. The van der Waals surface area contributed by atoms with Gasteiger partial charge in [-0.05, 0) is 6.07 Å². The number of aryl methyl sites for hydroxylation is 1. The van der Waals surface area contributed by atoms with E-state index >= 15 is 0 Å². The third-order valence-electron chi connectivity index (χ3n) is 5.27. The van der Waals surface area contributed by atoms with Crippen LogP contribution < -0.4 is 14.9 Å². The second kappa shape index (κ2) is 7.58. The Morgan fingerprint density at radius 2 is 1.91 bits per heavy atom. The van der Waals surface area contributed by atoms with E-state index in [4.69, 9.17) is 11.6 Å². The molecule has 10 nitrogen and oxygen atoms in total. The minimum atomic E-state index is -4.81. The zero-order chi connectivity index (χ0) is 24.4. The Bertz CT molecular complexity index is 1440. The molecule has 34 heavy (non-hydrogen) atoms. The van der Waals surface area contributed by atoms with Gasteiger partial charge in [0.25, 0.3) is 5.82 Å². The Hall–Kier alpha value is -3.88. The molecule has 4 aromatic rings. The number of nitrogens with zero attached hydrogens (tertiary/aromatic N) is 8. The Kier molecular flexibility index (Phi) is 4.89. The standard InChI is InChI=1S/C18H11ClF5N9O/c1-30-14(21)12(20)16-26-6-11-13(32(16)30)9(18(22,23)24)7-31(11)17(34)29-8-4-10(19)15(25-5-8)33-27-2-3-28-33/h2-6,9H,7H2,1H3/p+1/t9-/m0/s1. The van der Waals surface area contributed by atoms with Crippen LogP contribution in [0.3, 0.4) is 0 Å². The molecule has 5 heterocycles. The number of amides is 2. The van der Waals surface area contributed by atoms with Crippen molar-refractivity contribution in [3.63, 3.8) is 0 Å². The van der Waals surface area contributed by atoms with Crippen LogP contribution in [0.4, 0.5) is 38.1 Å². The Labute approximate surface area is 191 Å². The molecule has 0 bridgehead atoms. The summed E-state index contributed by atoms with van der Waals surface area (Å²) >= 11 is 6.16. The molecule has 4 aromatic heterocycles. The molecule has 0 spiro atoms. The second-order valence-electron chi connectivity index (χ2n) is 7.28. The van der Waals surface area contributed by atoms with Gasteiger partial charge < -0.3 is 5.32 Å². The van der Waals surface area contributed by atoms with Crippen molar-refractivity contribution in [3.8, 4) is 5.82 Å². The van der Waals surface area contributed by atoms with Crippen LogP contribution in [0.2, 0.25) is 5.02 Å². The molecule has 0 aromatic carbocycles. The number of aromatic nitrogens is 7. The van der Waals surface area contributed by atoms with Gasteiger partial charge in [0.2, 0.25) is 5.65 Å². The number of hydrogen-bond acceptors (Lipinski definition) is 5. The average molecular weight is 501 g/mol. The molecule has 5 rings (SSSR count). The maximum Gasteiger partial charge on any atom is 0.424 e. The number of carbonyl (C=O) groups is 1. The van der Waals surface area contributed by atoms with Gasteiger partial charge in [0.15, 0.2) is 12.9 Å². The smallest absolute Gasteiger partial charge is 0.306 e. The van der Waals surface area contributed by atoms with Gasteiger partial charge in [-0.2, -0.15) is 27.8 Å². The number of fused-ring (bicyclic) bond motifs is 3. The quantitative estimate of drug-likeness (QED) is 0.337. The number of anilines is 2. The average Bonchev–Trinajstić information content (AvgIpc) is 3.48. The van der Waals surface area contributed by atoms with Crippen molar-refractivity contribution in [3.05, 3.63) is 53.3 Å². The van der Waals surface area contributed by atoms with Gasteiger partial charge in [0.05, 0.1) is 41.2 Å². The van der Waals surface area contributed by atoms with Crippen LogP contribution in [0.15, 0.2) is 30.9 Å². The third kappa shape index (κ3) is 3.30. The van der Waals surface area contributed by atoms with Gasteiger partial charge >= 0.3 is 18.2 Å². The highest BCUT2D eigenvalue weighted by Gasteiger charge is 2.52. The van der Waals surface area contributed by atoms with Crippen molar-refractivity contribution >= 4 is 34.7 Å². The van der Waals surface area contributed by atoms with E-state index in [1.54, 1.807) is 0 Å². The fourth-order valence-corrected chi connectivity index (χ4v) is 4.00. The maximum absolute atomic E-state index is 14.1. The van der Waals surface area contributed by atoms with E-state index in [-0.39, 0.29) is 22.2 Å². The lowest BCUT2D eigenvalue weighted by Crippen LogP contribution is -2.41. The Morgan fingerprint density at radius 1 is 1.21 bits per heavy atom. The largest absolute Gasteiger partial charge is 0.424 e. The molecule has 0 radical (unpaired) electrons. The minimum absolute atomic E-state index is 0.0673. The highest BCUT2D eigenvalue weighted by atomic mass is 35.5. The number of urea groups is 1. The minimum Gasteiger partial charge on any atom is -0.306 e. The maximum atomic E-state index is 14.1. The molecule has 0 aliphatic carbocycles. The first-order valence-electron chi connectivity index (χ1n) is 9.50. The summed E-state index contributed by atoms with van der Waals surface area (Å²) in [5, 5.41) is 10.3. The lowest BCUT2D eigenvalue weighted by atomic mass is 10.1. The van der Waals surface area contributed by atoms with E-state index in [0.717, 1.165) is 22.9 Å². The van der Waals surface area contributed by atoms with Crippen molar-refractivity contribution < 1.29 is 31.4 Å². The molecule has 0 saturated carbocycles. The van der Waals surface area contributed by atoms with Gasteiger partial charge in [-0.1, -0.05) is 20.8 Å². The van der Waals surface area contributed by atoms with E-state index in [1.165, 1.54) is 24.7 Å². The topological polar surface area (TPSA) is 97.1 Å². The summed E-state index contributed by atoms with van der Waals surface area (Å²) in [6.45, 7) is -0.830. The number of hydrogen-bond donors (Lipinski definition) is 1. The van der Waals surface area contributed by atoms with E-state index < -0.39 is 47.8 Å². The van der Waals surface area contributed by atoms with Crippen molar-refractivity contribution in [2.45, 2.75) is 12.1 Å². The van der Waals surface area contributed by atoms with E-state index in [2.05, 4.69) is 25.5 Å². The lowest BCUT2D eigenvalue weighted by Gasteiger charge is -2.19. The highest BCUT2D eigenvalue weighted by molar-refractivity contribution is 6.32. The lowest BCUT2D eigenvalue weighted by molar-refractivity contribution is -0.764. The van der Waals surface area contributed by atoms with E-state index in [1.807, 2.05) is 0 Å². The van der Waals surface area contributed by atoms with Crippen molar-refractivity contribution in [1.82, 2.24) is 29.5 Å². The number of nitrogens with one attached hydrogen (secondary N) is 1. The molecule has 0 fully saturated rings. The molecule has 1 N–H and O–H groups in total. The zero-order valence-electron chi connectivity index (χ0n) is 16.9. The van der Waals surface area contributed by atoms with Gasteiger partial charge in [-0.25, -0.2) is 14.8 Å². The molecule has 2 amide bonds. The fourth-order valence-electron chi connectivity index (χ4n) is 3.76. The van der Waals surface area contributed by atoms with Gasteiger partial charge in [-0.3, -0.25) is 4.90 Å². The second-order valence-corrected chi connectivity index (χ2v) is 7.68. The predicted molar refractivity (Wildman–Crippen MR) is 106 cm³/mol. The first kappa shape index (κ1) is 21.9. The summed E-state index contributed by atoms with van der Waals surface area (Å²) in [6, 6.07) is 0.370. The Morgan fingerprint density at radius 3 is 2.56 bits per heavy atom. The molecule has 0 unspecified atom stereocenters. The Balaban J connectivity index is 1.52. The predicted octanol–water partition coefficient (Wildman–Crippen LogP) is 2.76. The molecule has 1 aliphatic heterocycles. The summed E-state index contributed by atoms with van der Waals surface area (Å²) in [5.74, 6) is -4.84. The first-order valence-corrected chi connectivity index (χ1v) is 9.87. The summed E-state index contributed by atoms with van der Waals surface area (Å²) < 4.78 is 71.1. The van der Waals surface area contributed by atoms with Crippen molar-refractivity contribution in [1.29, 1.82) is 0 Å². The van der Waals surface area contributed by atoms with Crippen LogP contribution in [0.1, 0.15) is 11.6 Å². The molecule has 0 saturated heterocycles. The first-order chi connectivity index (χ1) is 16.1. The van der Waals surface area contributed by atoms with Crippen LogP contribution in [-0.2, 0) is 7.05 Å². The van der Waals surface area contributed by atoms with Crippen LogP contribution in [0, 0.1) is 11.8 Å². The number of alkyl halides is 3. The van der Waals surface area contributed by atoms with Crippen LogP contribution >= 0.6 is 11.6 Å².